The van der Waals surface area contributed by atoms with Crippen molar-refractivity contribution in [3.63, 3.8) is 0 Å². The number of imide groups is 1. The number of nitrogens with zero attached hydrogens (tertiary/aromatic N) is 4. The van der Waals surface area contributed by atoms with Gasteiger partial charge in [-0.2, -0.15) is 0 Å². The van der Waals surface area contributed by atoms with Gasteiger partial charge in [0.15, 0.2) is 0 Å². The smallest absolute Gasteiger partial charge is 0.240 e. The molecule has 0 N–H and O–H groups in total. The maximum atomic E-state index is 13.7. The van der Waals surface area contributed by atoms with Crippen LogP contribution in [0.3, 0.4) is 0 Å². The van der Waals surface area contributed by atoms with Crippen LogP contribution in [0.25, 0.3) is 0 Å². The molecule has 2 aliphatic rings. The van der Waals surface area contributed by atoms with Crippen molar-refractivity contribution < 1.29 is 14.4 Å². The van der Waals surface area contributed by atoms with Crippen molar-refractivity contribution >= 4 is 17.7 Å². The number of carbonyl (C=O) groups excluding carboxylic acids is 3. The maximum Gasteiger partial charge on any atom is 0.240 e. The quantitative estimate of drug-likeness (QED) is 0.695. The summed E-state index contributed by atoms with van der Waals surface area (Å²) in [5, 5.41) is 0. The number of imidazole rings is 1. The van der Waals surface area contributed by atoms with E-state index in [-0.39, 0.29) is 36.6 Å². The summed E-state index contributed by atoms with van der Waals surface area (Å²) in [6.07, 6.45) is 6.49. The lowest BCUT2D eigenvalue weighted by atomic mass is 9.73. The van der Waals surface area contributed by atoms with Gasteiger partial charge in [0, 0.05) is 45.4 Å². The Morgan fingerprint density at radius 2 is 2.00 bits per heavy atom. The predicted octanol–water partition coefficient (Wildman–Crippen LogP) is 2.89. The third-order valence-corrected chi connectivity index (χ3v) is 6.82. The van der Waals surface area contributed by atoms with Crippen LogP contribution < -0.4 is 0 Å². The third kappa shape index (κ3) is 3.56. The number of piperidine rings is 1. The Labute approximate surface area is 183 Å². The highest BCUT2D eigenvalue weighted by Gasteiger charge is 2.54. The standard InChI is InChI=1S/C24H30N4O3/c1-4-27-20(29)15-24(23(27)31,18-10-6-5-9-17(18)2)16-21(30)28-13-8-7-11-19(28)22-25-12-14-26(22)3/h5-6,9-10,12,14,19H,4,7-8,11,13,15-16H2,1-3H3. The van der Waals surface area contributed by atoms with Crippen LogP contribution in [-0.2, 0) is 26.8 Å². The SMILES string of the molecule is CCN1C(=O)CC(CC(=O)N2CCCCC2c2nccn2C)(c2ccccc2C)C1=O. The first-order valence-electron chi connectivity index (χ1n) is 11.1. The van der Waals surface area contributed by atoms with Crippen molar-refractivity contribution in [2.45, 2.75) is 57.4 Å². The first-order chi connectivity index (χ1) is 14.9. The Balaban J connectivity index is 1.71. The average Bonchev–Trinajstić information content (AvgIpc) is 3.29. The molecule has 2 aliphatic heterocycles. The average molecular weight is 423 g/mol. The fourth-order valence-corrected chi connectivity index (χ4v) is 5.23. The molecule has 7 heteroatoms. The van der Waals surface area contributed by atoms with Crippen LogP contribution in [0.2, 0.25) is 0 Å². The van der Waals surface area contributed by atoms with Crippen LogP contribution in [0.5, 0.6) is 0 Å². The monoisotopic (exact) mass is 422 g/mol. The lowest BCUT2D eigenvalue weighted by Crippen LogP contribution is -2.46. The molecule has 1 aromatic heterocycles. The van der Waals surface area contributed by atoms with Gasteiger partial charge < -0.3 is 9.47 Å². The Morgan fingerprint density at radius 3 is 2.65 bits per heavy atom. The van der Waals surface area contributed by atoms with Gasteiger partial charge in [0.25, 0.3) is 0 Å². The van der Waals surface area contributed by atoms with E-state index >= 15 is 0 Å². The summed E-state index contributed by atoms with van der Waals surface area (Å²) in [6.45, 7) is 4.69. The lowest BCUT2D eigenvalue weighted by molar-refractivity contribution is -0.143. The van der Waals surface area contributed by atoms with Crippen molar-refractivity contribution in [3.8, 4) is 0 Å². The molecule has 2 saturated heterocycles. The summed E-state index contributed by atoms with van der Waals surface area (Å²) in [5.74, 6) is 0.313. The molecule has 2 unspecified atom stereocenters. The van der Waals surface area contributed by atoms with E-state index in [1.165, 1.54) is 4.90 Å². The van der Waals surface area contributed by atoms with Gasteiger partial charge in [-0.1, -0.05) is 24.3 Å². The minimum Gasteiger partial charge on any atom is -0.336 e. The van der Waals surface area contributed by atoms with E-state index in [1.54, 1.807) is 13.1 Å². The molecular weight excluding hydrogens is 392 g/mol. The number of hydrogen-bond donors (Lipinski definition) is 0. The highest BCUT2D eigenvalue weighted by molar-refractivity contribution is 6.10. The molecule has 0 saturated carbocycles. The first kappa shape index (κ1) is 21.3. The zero-order chi connectivity index (χ0) is 22.2. The summed E-state index contributed by atoms with van der Waals surface area (Å²) < 4.78 is 1.95. The second-order valence-corrected chi connectivity index (χ2v) is 8.69. The maximum absolute atomic E-state index is 13.7. The van der Waals surface area contributed by atoms with Gasteiger partial charge in [0.05, 0.1) is 11.5 Å². The predicted molar refractivity (Wildman–Crippen MR) is 116 cm³/mol. The van der Waals surface area contributed by atoms with Gasteiger partial charge in [-0.3, -0.25) is 19.3 Å². The number of benzene rings is 1. The van der Waals surface area contributed by atoms with Crippen molar-refractivity contribution in [1.29, 1.82) is 0 Å². The second-order valence-electron chi connectivity index (χ2n) is 8.69. The van der Waals surface area contributed by atoms with Crippen molar-refractivity contribution in [3.05, 3.63) is 53.6 Å². The number of aromatic nitrogens is 2. The van der Waals surface area contributed by atoms with E-state index in [2.05, 4.69) is 4.98 Å². The summed E-state index contributed by atoms with van der Waals surface area (Å²) in [7, 11) is 1.94. The normalized spacial score (nSPS) is 24.2. The third-order valence-electron chi connectivity index (χ3n) is 6.82. The summed E-state index contributed by atoms with van der Waals surface area (Å²) >= 11 is 0. The molecule has 0 aliphatic carbocycles. The minimum atomic E-state index is -1.14. The molecule has 7 nitrogen and oxygen atoms in total. The molecule has 2 aromatic rings. The molecule has 31 heavy (non-hydrogen) atoms. The second kappa shape index (κ2) is 8.29. The lowest BCUT2D eigenvalue weighted by Gasteiger charge is -2.38. The molecule has 2 atom stereocenters. The Kier molecular flexibility index (Phi) is 5.69. The molecule has 2 fully saturated rings. The van der Waals surface area contributed by atoms with E-state index < -0.39 is 5.41 Å². The molecule has 3 heterocycles. The van der Waals surface area contributed by atoms with E-state index in [9.17, 15) is 14.4 Å². The number of hydrogen-bond acceptors (Lipinski definition) is 4. The zero-order valence-electron chi connectivity index (χ0n) is 18.5. The van der Waals surface area contributed by atoms with E-state index in [0.29, 0.717) is 13.1 Å². The summed E-state index contributed by atoms with van der Waals surface area (Å²) in [4.78, 5) is 47.6. The van der Waals surface area contributed by atoms with Crippen molar-refractivity contribution in [1.82, 2.24) is 19.4 Å². The number of likely N-dealkylation sites (tertiary alicyclic amines) is 2. The van der Waals surface area contributed by atoms with E-state index in [4.69, 9.17) is 0 Å². The Bertz CT molecular complexity index is 1010. The van der Waals surface area contributed by atoms with Gasteiger partial charge in [0.2, 0.25) is 17.7 Å². The van der Waals surface area contributed by atoms with Gasteiger partial charge in [-0.25, -0.2) is 4.98 Å². The number of carbonyl (C=O) groups is 3. The number of likely N-dealkylation sites (N-methyl/N-ethyl adjacent to an activating group) is 1. The van der Waals surface area contributed by atoms with Crippen LogP contribution in [-0.4, -0.2) is 50.2 Å². The van der Waals surface area contributed by atoms with Gasteiger partial charge in [-0.05, 0) is 44.2 Å². The number of amides is 3. The minimum absolute atomic E-state index is 0.000149. The first-order valence-corrected chi connectivity index (χ1v) is 11.1. The largest absolute Gasteiger partial charge is 0.336 e. The van der Waals surface area contributed by atoms with Gasteiger partial charge >= 0.3 is 0 Å². The fraction of sp³-hybridized carbons (Fsp3) is 0.500. The molecular formula is C24H30N4O3. The molecule has 164 valence electrons. The topological polar surface area (TPSA) is 75.5 Å². The molecule has 3 amide bonds. The van der Waals surface area contributed by atoms with E-state index in [1.807, 2.05) is 53.9 Å². The van der Waals surface area contributed by atoms with E-state index in [0.717, 1.165) is 36.2 Å². The van der Waals surface area contributed by atoms with Crippen molar-refractivity contribution in [2.75, 3.05) is 13.1 Å². The van der Waals surface area contributed by atoms with Gasteiger partial charge in [0.1, 0.15) is 5.82 Å². The van der Waals surface area contributed by atoms with Crippen LogP contribution in [0, 0.1) is 6.92 Å². The highest BCUT2D eigenvalue weighted by Crippen LogP contribution is 2.42. The molecule has 0 radical (unpaired) electrons. The fourth-order valence-electron chi connectivity index (χ4n) is 5.23. The Morgan fingerprint density at radius 1 is 1.23 bits per heavy atom. The summed E-state index contributed by atoms with van der Waals surface area (Å²) in [6, 6.07) is 7.50. The van der Waals surface area contributed by atoms with Crippen LogP contribution in [0.4, 0.5) is 0 Å². The summed E-state index contributed by atoms with van der Waals surface area (Å²) in [5.41, 5.74) is 0.566. The molecule has 1 aromatic carbocycles. The van der Waals surface area contributed by atoms with Crippen LogP contribution >= 0.6 is 0 Å². The molecule has 0 bridgehead atoms. The van der Waals surface area contributed by atoms with Gasteiger partial charge in [-0.15, -0.1) is 0 Å². The number of rotatable bonds is 5. The van der Waals surface area contributed by atoms with Crippen LogP contribution in [0.15, 0.2) is 36.7 Å². The van der Waals surface area contributed by atoms with Crippen molar-refractivity contribution in [2.24, 2.45) is 7.05 Å². The van der Waals surface area contributed by atoms with Crippen LogP contribution in [0.1, 0.15) is 62.0 Å². The molecule has 4 rings (SSSR count). The highest BCUT2D eigenvalue weighted by atomic mass is 16.2. The molecule has 0 spiro atoms. The number of aryl methyl sites for hydroxylation is 2. The zero-order valence-corrected chi connectivity index (χ0v) is 18.5. The Hall–Kier alpha value is -2.96.